The van der Waals surface area contributed by atoms with E-state index >= 15 is 0 Å². The van der Waals surface area contributed by atoms with Gasteiger partial charge in [0.15, 0.2) is 0 Å². The van der Waals surface area contributed by atoms with Crippen LogP contribution >= 0.6 is 15.9 Å². The number of halogens is 1. The Bertz CT molecular complexity index is 954. The molecule has 0 aliphatic heterocycles. The van der Waals surface area contributed by atoms with E-state index in [0.29, 0.717) is 12.1 Å². The predicted octanol–water partition coefficient (Wildman–Crippen LogP) is 4.60. The fourth-order valence-electron chi connectivity index (χ4n) is 2.87. The van der Waals surface area contributed by atoms with Gasteiger partial charge in [-0.3, -0.25) is 9.59 Å². The zero-order valence-corrected chi connectivity index (χ0v) is 16.6. The predicted molar refractivity (Wildman–Crippen MR) is 112 cm³/mol. The van der Waals surface area contributed by atoms with Crippen molar-refractivity contribution < 1.29 is 9.59 Å². The van der Waals surface area contributed by atoms with Crippen molar-refractivity contribution in [2.45, 2.75) is 19.4 Å². The van der Waals surface area contributed by atoms with Crippen molar-refractivity contribution in [2.75, 3.05) is 6.54 Å². The molecule has 0 heterocycles. The van der Waals surface area contributed by atoms with Crippen LogP contribution in [0.25, 0.3) is 10.8 Å². The van der Waals surface area contributed by atoms with Crippen molar-refractivity contribution in [3.05, 3.63) is 82.3 Å². The Kier molecular flexibility index (Phi) is 6.24. The Morgan fingerprint density at radius 1 is 0.963 bits per heavy atom. The molecule has 5 heteroatoms. The SMILES string of the molecule is CC(NC(=O)CCNC(=O)c1ccc(Br)cc1)c1ccc2ccccc2c1. The van der Waals surface area contributed by atoms with Crippen molar-refractivity contribution >= 4 is 38.5 Å². The second-order valence-electron chi connectivity index (χ2n) is 6.41. The van der Waals surface area contributed by atoms with Gasteiger partial charge in [-0.1, -0.05) is 52.3 Å². The van der Waals surface area contributed by atoms with E-state index in [4.69, 9.17) is 0 Å². The Balaban J connectivity index is 1.49. The van der Waals surface area contributed by atoms with Gasteiger partial charge >= 0.3 is 0 Å². The summed E-state index contributed by atoms with van der Waals surface area (Å²) in [7, 11) is 0. The van der Waals surface area contributed by atoms with E-state index in [1.165, 1.54) is 5.39 Å². The molecule has 4 nitrogen and oxygen atoms in total. The summed E-state index contributed by atoms with van der Waals surface area (Å²) in [5.74, 6) is -0.273. The smallest absolute Gasteiger partial charge is 0.251 e. The average Bonchev–Trinajstić information content (AvgIpc) is 2.68. The molecule has 0 spiro atoms. The molecule has 0 aliphatic carbocycles. The Morgan fingerprint density at radius 3 is 2.41 bits per heavy atom. The van der Waals surface area contributed by atoms with E-state index in [2.05, 4.69) is 50.8 Å². The van der Waals surface area contributed by atoms with Crippen LogP contribution in [-0.2, 0) is 4.79 Å². The molecule has 0 aromatic heterocycles. The van der Waals surface area contributed by atoms with Crippen molar-refractivity contribution in [2.24, 2.45) is 0 Å². The maximum Gasteiger partial charge on any atom is 0.251 e. The molecular formula is C22H21BrN2O2. The van der Waals surface area contributed by atoms with Gasteiger partial charge in [0.25, 0.3) is 5.91 Å². The molecule has 1 atom stereocenters. The van der Waals surface area contributed by atoms with Gasteiger partial charge < -0.3 is 10.6 Å². The van der Waals surface area contributed by atoms with Crippen LogP contribution in [0.15, 0.2) is 71.2 Å². The van der Waals surface area contributed by atoms with Crippen LogP contribution < -0.4 is 10.6 Å². The van der Waals surface area contributed by atoms with Crippen LogP contribution in [0.5, 0.6) is 0 Å². The molecule has 0 radical (unpaired) electrons. The fraction of sp³-hybridized carbons (Fsp3) is 0.182. The third-order valence-corrected chi connectivity index (χ3v) is 4.92. The summed E-state index contributed by atoms with van der Waals surface area (Å²) in [5.41, 5.74) is 1.63. The van der Waals surface area contributed by atoms with Gasteiger partial charge in [-0.2, -0.15) is 0 Å². The lowest BCUT2D eigenvalue weighted by atomic mass is 10.0. The minimum Gasteiger partial charge on any atom is -0.352 e. The first kappa shape index (κ1) is 19.1. The summed E-state index contributed by atoms with van der Waals surface area (Å²) in [6, 6.07) is 21.3. The number of carbonyl (C=O) groups excluding carboxylic acids is 2. The largest absolute Gasteiger partial charge is 0.352 e. The zero-order chi connectivity index (χ0) is 19.2. The lowest BCUT2D eigenvalue weighted by molar-refractivity contribution is -0.121. The number of carbonyl (C=O) groups is 2. The van der Waals surface area contributed by atoms with E-state index < -0.39 is 0 Å². The van der Waals surface area contributed by atoms with Gasteiger partial charge in [0.2, 0.25) is 5.91 Å². The summed E-state index contributed by atoms with van der Waals surface area (Å²) in [6.45, 7) is 2.26. The van der Waals surface area contributed by atoms with Crippen LogP contribution in [0.3, 0.4) is 0 Å². The number of amides is 2. The van der Waals surface area contributed by atoms with Crippen LogP contribution in [0.4, 0.5) is 0 Å². The van der Waals surface area contributed by atoms with Crippen LogP contribution in [0.1, 0.15) is 35.3 Å². The number of hydrogen-bond donors (Lipinski definition) is 2. The lowest BCUT2D eigenvalue weighted by Gasteiger charge is -2.15. The third kappa shape index (κ3) is 5.17. The summed E-state index contributed by atoms with van der Waals surface area (Å²) in [4.78, 5) is 24.2. The van der Waals surface area contributed by atoms with Gasteiger partial charge in [0.05, 0.1) is 6.04 Å². The number of rotatable bonds is 6. The molecule has 0 bridgehead atoms. The quantitative estimate of drug-likeness (QED) is 0.607. The van der Waals surface area contributed by atoms with Gasteiger partial charge in [0, 0.05) is 23.0 Å². The van der Waals surface area contributed by atoms with Gasteiger partial charge in [-0.05, 0) is 53.6 Å². The van der Waals surface area contributed by atoms with Gasteiger partial charge in [-0.15, -0.1) is 0 Å². The van der Waals surface area contributed by atoms with E-state index in [1.54, 1.807) is 12.1 Å². The summed E-state index contributed by atoms with van der Waals surface area (Å²) < 4.78 is 0.918. The van der Waals surface area contributed by atoms with Crippen LogP contribution in [-0.4, -0.2) is 18.4 Å². The summed E-state index contributed by atoms with van der Waals surface area (Å²) in [6.07, 6.45) is 0.236. The van der Waals surface area contributed by atoms with Gasteiger partial charge in [-0.25, -0.2) is 0 Å². The van der Waals surface area contributed by atoms with E-state index in [0.717, 1.165) is 15.4 Å². The van der Waals surface area contributed by atoms with E-state index in [1.807, 2.05) is 37.3 Å². The zero-order valence-electron chi connectivity index (χ0n) is 15.0. The molecule has 3 aromatic carbocycles. The van der Waals surface area contributed by atoms with Crippen LogP contribution in [0.2, 0.25) is 0 Å². The molecule has 0 saturated carbocycles. The Labute approximate surface area is 167 Å². The molecule has 1 unspecified atom stereocenters. The highest BCUT2D eigenvalue weighted by molar-refractivity contribution is 9.10. The van der Waals surface area contributed by atoms with Crippen molar-refractivity contribution in [1.29, 1.82) is 0 Å². The molecule has 27 heavy (non-hydrogen) atoms. The topological polar surface area (TPSA) is 58.2 Å². The highest BCUT2D eigenvalue weighted by Crippen LogP contribution is 2.20. The molecule has 0 aliphatic rings. The minimum atomic E-state index is -0.183. The maximum absolute atomic E-state index is 12.2. The standard InChI is InChI=1S/C22H21BrN2O2/c1-15(18-7-6-16-4-2-3-5-19(16)14-18)25-21(26)12-13-24-22(27)17-8-10-20(23)11-9-17/h2-11,14-15H,12-13H2,1H3,(H,24,27)(H,25,26). The Morgan fingerprint density at radius 2 is 1.67 bits per heavy atom. The second-order valence-corrected chi connectivity index (χ2v) is 7.32. The van der Waals surface area contributed by atoms with Crippen molar-refractivity contribution in [1.82, 2.24) is 10.6 Å². The maximum atomic E-state index is 12.2. The highest BCUT2D eigenvalue weighted by Gasteiger charge is 2.11. The molecule has 0 saturated heterocycles. The van der Waals surface area contributed by atoms with Gasteiger partial charge in [0.1, 0.15) is 0 Å². The molecule has 138 valence electrons. The van der Waals surface area contributed by atoms with Crippen molar-refractivity contribution in [3.8, 4) is 0 Å². The number of benzene rings is 3. The Hall–Kier alpha value is -2.66. The highest BCUT2D eigenvalue weighted by atomic mass is 79.9. The molecule has 3 aromatic rings. The molecule has 2 N–H and O–H groups in total. The van der Waals surface area contributed by atoms with Crippen molar-refractivity contribution in [3.63, 3.8) is 0 Å². The summed E-state index contributed by atoms with van der Waals surface area (Å²) >= 11 is 3.34. The molecule has 3 rings (SSSR count). The number of hydrogen-bond acceptors (Lipinski definition) is 2. The van der Waals surface area contributed by atoms with E-state index in [9.17, 15) is 9.59 Å². The molecular weight excluding hydrogens is 404 g/mol. The molecule has 0 fully saturated rings. The molecule has 2 amide bonds. The first-order chi connectivity index (χ1) is 13.0. The first-order valence-electron chi connectivity index (χ1n) is 8.85. The van der Waals surface area contributed by atoms with Crippen LogP contribution in [0, 0.1) is 0 Å². The monoisotopic (exact) mass is 424 g/mol. The average molecular weight is 425 g/mol. The summed E-state index contributed by atoms with van der Waals surface area (Å²) in [5, 5.41) is 8.08. The number of nitrogens with one attached hydrogen (secondary N) is 2. The van der Waals surface area contributed by atoms with E-state index in [-0.39, 0.29) is 24.3 Å². The minimum absolute atomic E-state index is 0.0910. The third-order valence-electron chi connectivity index (χ3n) is 4.40. The fourth-order valence-corrected chi connectivity index (χ4v) is 3.13. The first-order valence-corrected chi connectivity index (χ1v) is 9.64. The second kappa shape index (κ2) is 8.82. The lowest BCUT2D eigenvalue weighted by Crippen LogP contribution is -2.32. The normalized spacial score (nSPS) is 11.8. The number of fused-ring (bicyclic) bond motifs is 1.